The zero-order valence-electron chi connectivity index (χ0n) is 8.11. The maximum absolute atomic E-state index is 5.38. The predicted octanol–water partition coefficient (Wildman–Crippen LogP) is 1.68. The van der Waals surface area contributed by atoms with Crippen LogP contribution in [0.1, 0.15) is 6.42 Å². The van der Waals surface area contributed by atoms with E-state index in [-0.39, 0.29) is 0 Å². The van der Waals surface area contributed by atoms with E-state index < -0.39 is 0 Å². The van der Waals surface area contributed by atoms with Gasteiger partial charge in [0.25, 0.3) is 0 Å². The van der Waals surface area contributed by atoms with E-state index in [9.17, 15) is 0 Å². The van der Waals surface area contributed by atoms with Gasteiger partial charge in [0, 0.05) is 19.3 Å². The standard InChI is InChI=1S/C11H17N2/c1-13(10-6-5-9-12)11-7-3-2-4-8-11/h2-5,7-8H,6,9-10,12H2,1H3. The normalized spacial score (nSPS) is 10.0. The number of rotatable bonds is 5. The Hall–Kier alpha value is -1.02. The fourth-order valence-electron chi connectivity index (χ4n) is 1.21. The summed E-state index contributed by atoms with van der Waals surface area (Å²) in [6, 6.07) is 10.4. The molecular formula is C11H17N2. The van der Waals surface area contributed by atoms with E-state index in [0.717, 1.165) is 13.0 Å². The smallest absolute Gasteiger partial charge is 0.0363 e. The van der Waals surface area contributed by atoms with Gasteiger partial charge in [0.15, 0.2) is 0 Å². The minimum atomic E-state index is 0.669. The Bertz CT molecular complexity index is 221. The largest absolute Gasteiger partial charge is 0.375 e. The zero-order chi connectivity index (χ0) is 9.52. The molecule has 0 aliphatic carbocycles. The van der Waals surface area contributed by atoms with Crippen LogP contribution in [0.5, 0.6) is 0 Å². The van der Waals surface area contributed by atoms with Gasteiger partial charge in [-0.2, -0.15) is 0 Å². The summed E-state index contributed by atoms with van der Waals surface area (Å²) in [6.45, 7) is 1.70. The average Bonchev–Trinajstić information content (AvgIpc) is 2.19. The molecule has 2 N–H and O–H groups in total. The molecule has 0 saturated heterocycles. The third-order valence-electron chi connectivity index (χ3n) is 2.03. The quantitative estimate of drug-likeness (QED) is 0.693. The van der Waals surface area contributed by atoms with Crippen molar-refractivity contribution < 1.29 is 0 Å². The molecule has 0 bridgehead atoms. The summed E-state index contributed by atoms with van der Waals surface area (Å²) in [5.74, 6) is 0. The van der Waals surface area contributed by atoms with Crippen molar-refractivity contribution in [2.45, 2.75) is 6.42 Å². The van der Waals surface area contributed by atoms with Crippen LogP contribution in [0.25, 0.3) is 0 Å². The minimum Gasteiger partial charge on any atom is -0.375 e. The summed E-state index contributed by atoms with van der Waals surface area (Å²) >= 11 is 0. The highest BCUT2D eigenvalue weighted by Gasteiger charge is 1.97. The first kappa shape index (κ1) is 10.1. The molecule has 71 valence electrons. The summed E-state index contributed by atoms with van der Waals surface area (Å²) in [7, 11) is 2.10. The van der Waals surface area contributed by atoms with Crippen molar-refractivity contribution in [3.05, 3.63) is 36.8 Å². The summed E-state index contributed by atoms with van der Waals surface area (Å²) in [5.41, 5.74) is 6.64. The molecule has 1 aromatic rings. The van der Waals surface area contributed by atoms with Gasteiger partial charge >= 0.3 is 0 Å². The molecule has 0 unspecified atom stereocenters. The van der Waals surface area contributed by atoms with Gasteiger partial charge in [-0.3, -0.25) is 0 Å². The number of benzene rings is 1. The molecule has 0 aliphatic heterocycles. The van der Waals surface area contributed by atoms with E-state index in [1.54, 1.807) is 0 Å². The maximum Gasteiger partial charge on any atom is 0.0363 e. The Balaban J connectivity index is 2.35. The molecule has 0 spiro atoms. The molecule has 0 heterocycles. The van der Waals surface area contributed by atoms with Crippen LogP contribution in [0.4, 0.5) is 5.69 Å². The molecule has 2 nitrogen and oxygen atoms in total. The number of para-hydroxylation sites is 1. The van der Waals surface area contributed by atoms with Gasteiger partial charge in [-0.1, -0.05) is 18.2 Å². The van der Waals surface area contributed by atoms with Crippen molar-refractivity contribution in [2.75, 3.05) is 25.0 Å². The van der Waals surface area contributed by atoms with Gasteiger partial charge in [0.1, 0.15) is 0 Å². The Kier molecular flexibility index (Phi) is 4.33. The number of anilines is 1. The van der Waals surface area contributed by atoms with Gasteiger partial charge in [0.2, 0.25) is 0 Å². The van der Waals surface area contributed by atoms with Gasteiger partial charge < -0.3 is 10.6 Å². The van der Waals surface area contributed by atoms with Crippen LogP contribution >= 0.6 is 0 Å². The van der Waals surface area contributed by atoms with Gasteiger partial charge in [-0.25, -0.2) is 0 Å². The summed E-state index contributed by atoms with van der Waals surface area (Å²) < 4.78 is 0. The number of hydrogen-bond donors (Lipinski definition) is 1. The monoisotopic (exact) mass is 177 g/mol. The molecule has 1 rings (SSSR count). The third kappa shape index (κ3) is 3.47. The first-order valence-corrected chi connectivity index (χ1v) is 4.62. The highest BCUT2D eigenvalue weighted by Crippen LogP contribution is 2.10. The molecular weight excluding hydrogens is 160 g/mol. The lowest BCUT2D eigenvalue weighted by molar-refractivity contribution is 0.843. The molecule has 0 atom stereocenters. The van der Waals surface area contributed by atoms with Gasteiger partial charge in [-0.15, -0.1) is 0 Å². The third-order valence-corrected chi connectivity index (χ3v) is 2.03. The Morgan fingerprint density at radius 1 is 1.31 bits per heavy atom. The molecule has 13 heavy (non-hydrogen) atoms. The second kappa shape index (κ2) is 5.60. The fraction of sp³-hybridized carbons (Fsp3) is 0.364. The van der Waals surface area contributed by atoms with Crippen molar-refractivity contribution in [3.8, 4) is 0 Å². The Morgan fingerprint density at radius 3 is 2.62 bits per heavy atom. The number of unbranched alkanes of at least 4 members (excludes halogenated alkanes) is 1. The topological polar surface area (TPSA) is 29.3 Å². The van der Waals surface area contributed by atoms with Crippen LogP contribution in [0, 0.1) is 6.42 Å². The van der Waals surface area contributed by atoms with E-state index in [0.29, 0.717) is 6.54 Å². The molecule has 0 amide bonds. The van der Waals surface area contributed by atoms with Crippen molar-refractivity contribution >= 4 is 5.69 Å². The Labute approximate surface area is 80.4 Å². The highest BCUT2D eigenvalue weighted by atomic mass is 15.1. The maximum atomic E-state index is 5.38. The SMILES string of the molecule is CN(CC[CH]CN)c1ccccc1. The second-order valence-corrected chi connectivity index (χ2v) is 3.07. The number of nitrogens with two attached hydrogens (primary N) is 1. The first-order valence-electron chi connectivity index (χ1n) is 4.62. The summed E-state index contributed by atoms with van der Waals surface area (Å²) in [4.78, 5) is 2.23. The van der Waals surface area contributed by atoms with Crippen LogP contribution in [0.2, 0.25) is 0 Å². The van der Waals surface area contributed by atoms with Crippen molar-refractivity contribution in [3.63, 3.8) is 0 Å². The number of hydrogen-bond acceptors (Lipinski definition) is 2. The van der Waals surface area contributed by atoms with Crippen LogP contribution < -0.4 is 10.6 Å². The molecule has 0 fully saturated rings. The zero-order valence-corrected chi connectivity index (χ0v) is 8.11. The molecule has 0 saturated carbocycles. The van der Waals surface area contributed by atoms with E-state index in [4.69, 9.17) is 5.73 Å². The summed E-state index contributed by atoms with van der Waals surface area (Å²) in [5, 5.41) is 0. The second-order valence-electron chi connectivity index (χ2n) is 3.07. The van der Waals surface area contributed by atoms with Gasteiger partial charge in [-0.05, 0) is 31.5 Å². The van der Waals surface area contributed by atoms with Crippen molar-refractivity contribution in [1.29, 1.82) is 0 Å². The molecule has 0 aliphatic rings. The van der Waals surface area contributed by atoms with Crippen LogP contribution in [0.3, 0.4) is 0 Å². The fourth-order valence-corrected chi connectivity index (χ4v) is 1.21. The first-order chi connectivity index (χ1) is 6.34. The summed E-state index contributed by atoms with van der Waals surface area (Å²) in [6.07, 6.45) is 3.14. The van der Waals surface area contributed by atoms with Crippen molar-refractivity contribution in [2.24, 2.45) is 5.73 Å². The van der Waals surface area contributed by atoms with Gasteiger partial charge in [0.05, 0.1) is 0 Å². The predicted molar refractivity (Wildman–Crippen MR) is 57.7 cm³/mol. The van der Waals surface area contributed by atoms with E-state index >= 15 is 0 Å². The van der Waals surface area contributed by atoms with Crippen LogP contribution in [-0.4, -0.2) is 20.1 Å². The molecule has 1 radical (unpaired) electrons. The molecule has 2 heteroatoms. The highest BCUT2D eigenvalue weighted by molar-refractivity contribution is 5.44. The van der Waals surface area contributed by atoms with E-state index in [1.165, 1.54) is 5.69 Å². The number of nitrogens with zero attached hydrogens (tertiary/aromatic N) is 1. The lowest BCUT2D eigenvalue weighted by atomic mass is 10.2. The average molecular weight is 177 g/mol. The minimum absolute atomic E-state index is 0.669. The molecule has 0 aromatic heterocycles. The Morgan fingerprint density at radius 2 is 2.00 bits per heavy atom. The lowest BCUT2D eigenvalue weighted by Gasteiger charge is -2.18. The van der Waals surface area contributed by atoms with Crippen molar-refractivity contribution in [1.82, 2.24) is 0 Å². The molecule has 1 aromatic carbocycles. The van der Waals surface area contributed by atoms with Crippen LogP contribution in [0.15, 0.2) is 30.3 Å². The lowest BCUT2D eigenvalue weighted by Crippen LogP contribution is -2.19. The van der Waals surface area contributed by atoms with Crippen LogP contribution in [-0.2, 0) is 0 Å². The van der Waals surface area contributed by atoms with E-state index in [2.05, 4.69) is 42.6 Å². The van der Waals surface area contributed by atoms with E-state index in [1.807, 2.05) is 6.07 Å².